The van der Waals surface area contributed by atoms with Crippen LogP contribution < -0.4 is 9.80 Å². The van der Waals surface area contributed by atoms with Crippen molar-refractivity contribution >= 4 is 67.7 Å². The molecule has 0 amide bonds. The molecule has 0 unspecified atom stereocenters. The first-order valence-electron chi connectivity index (χ1n) is 24.2. The molecular weight excluding hydrogens is 812 g/mol. The van der Waals surface area contributed by atoms with Crippen LogP contribution in [-0.2, 0) is 32.5 Å². The largest absolute Gasteiger partial charge is 0.456 e. The number of fused-ring (bicyclic) bond motifs is 6. The van der Waals surface area contributed by atoms with Gasteiger partial charge in [-0.25, -0.2) is 0 Å². The van der Waals surface area contributed by atoms with Crippen molar-refractivity contribution in [1.29, 1.82) is 0 Å². The molecule has 7 aromatic rings. The van der Waals surface area contributed by atoms with Crippen LogP contribution in [0.15, 0.2) is 108 Å². The fraction of sp³-hybridized carbons (Fsp3) is 0.410. The van der Waals surface area contributed by atoms with Crippen molar-refractivity contribution in [2.45, 2.75) is 162 Å². The van der Waals surface area contributed by atoms with Crippen LogP contribution in [0.5, 0.6) is 0 Å². The minimum Gasteiger partial charge on any atom is -0.456 e. The lowest BCUT2D eigenvalue weighted by Gasteiger charge is -2.43. The Balaban J connectivity index is 1.24. The molecule has 0 saturated carbocycles. The van der Waals surface area contributed by atoms with Gasteiger partial charge in [-0.15, -0.1) is 0 Å². The highest BCUT2D eigenvalue weighted by Crippen LogP contribution is 2.55. The molecule has 0 saturated heterocycles. The molecule has 6 aromatic carbocycles. The van der Waals surface area contributed by atoms with Gasteiger partial charge >= 0.3 is 0 Å². The van der Waals surface area contributed by atoms with Gasteiger partial charge in [0.1, 0.15) is 11.2 Å². The zero-order valence-corrected chi connectivity index (χ0v) is 42.3. The topological polar surface area (TPSA) is 19.6 Å². The minimum atomic E-state index is 0.0280. The Morgan fingerprint density at radius 1 is 0.400 bits per heavy atom. The molecule has 0 N–H and O–H groups in total. The zero-order valence-electron chi connectivity index (χ0n) is 41.5. The van der Waals surface area contributed by atoms with Crippen LogP contribution in [0.1, 0.15) is 160 Å². The summed E-state index contributed by atoms with van der Waals surface area (Å²) in [5.41, 5.74) is 19.9. The number of anilines is 6. The van der Waals surface area contributed by atoms with E-state index in [1.165, 1.54) is 63.0 Å². The Morgan fingerprint density at radius 3 is 1.37 bits per heavy atom. The first-order chi connectivity index (χ1) is 30.4. The second kappa shape index (κ2) is 14.5. The average Bonchev–Trinajstić information content (AvgIpc) is 3.68. The number of halogens is 1. The number of furan rings is 1. The summed E-state index contributed by atoms with van der Waals surface area (Å²) in [6.45, 7) is 33.6. The van der Waals surface area contributed by atoms with Crippen molar-refractivity contribution in [3.63, 3.8) is 0 Å². The number of benzene rings is 6. The molecule has 3 nitrogen and oxygen atoms in total. The molecule has 336 valence electrons. The molecule has 3 aliphatic rings. The van der Waals surface area contributed by atoms with E-state index in [0.717, 1.165) is 69.6 Å². The monoisotopic (exact) mass is 881 g/mol. The van der Waals surface area contributed by atoms with Gasteiger partial charge in [0.2, 0.25) is 0 Å². The molecule has 3 aliphatic carbocycles. The number of hydrogen-bond acceptors (Lipinski definition) is 3. The number of hydrogen-bond donors (Lipinski definition) is 0. The van der Waals surface area contributed by atoms with Crippen molar-refractivity contribution in [2.75, 3.05) is 9.80 Å². The second-order valence-corrected chi connectivity index (χ2v) is 24.6. The maximum absolute atomic E-state index is 7.52. The number of rotatable bonds is 6. The lowest BCUT2D eigenvalue weighted by atomic mass is 9.63. The fourth-order valence-electron chi connectivity index (χ4n) is 12.5. The van der Waals surface area contributed by atoms with Gasteiger partial charge in [0.25, 0.3) is 0 Å². The highest BCUT2D eigenvalue weighted by atomic mass is 35.5. The van der Waals surface area contributed by atoms with Crippen molar-refractivity contribution < 1.29 is 4.42 Å². The highest BCUT2D eigenvalue weighted by Gasteiger charge is 2.43. The van der Waals surface area contributed by atoms with Gasteiger partial charge in [-0.1, -0.05) is 131 Å². The predicted molar refractivity (Wildman–Crippen MR) is 279 cm³/mol. The standard InChI is InChI=1S/C61H69ClN2O/c1-37-27-47-50(58(7,8)25-23-56(47,3)4)34-52(37)63(40-20-22-46-49(32-40)61(13,14)36-60(46,11)12)42-29-39(62)30-43(31-42)64(41-19-21-45-44-17-15-16-18-54(44)65-55(45)33-41)53-35-51-48(28-38(53)2)57(5,6)24-26-59(51,9)10/h15-22,27-35H,23-26,36H2,1-14H3. The summed E-state index contributed by atoms with van der Waals surface area (Å²) in [6.07, 6.45) is 5.74. The molecular formula is C61H69ClN2O. The maximum Gasteiger partial charge on any atom is 0.137 e. The summed E-state index contributed by atoms with van der Waals surface area (Å²) in [4.78, 5) is 4.95. The third-order valence-electron chi connectivity index (χ3n) is 16.4. The summed E-state index contributed by atoms with van der Waals surface area (Å²) in [6, 6.07) is 39.0. The number of aryl methyl sites for hydroxylation is 2. The summed E-state index contributed by atoms with van der Waals surface area (Å²) in [5.74, 6) is 0. The van der Waals surface area contributed by atoms with E-state index in [-0.39, 0.29) is 32.5 Å². The van der Waals surface area contributed by atoms with Crippen LogP contribution in [0.2, 0.25) is 5.02 Å². The number of para-hydroxylation sites is 1. The predicted octanol–water partition coefficient (Wildman–Crippen LogP) is 18.5. The Bertz CT molecular complexity index is 3080. The number of nitrogens with zero attached hydrogens (tertiary/aromatic N) is 2. The van der Waals surface area contributed by atoms with Gasteiger partial charge in [-0.2, -0.15) is 0 Å². The third kappa shape index (κ3) is 7.13. The quantitative estimate of drug-likeness (QED) is 0.166. The van der Waals surface area contributed by atoms with E-state index >= 15 is 0 Å². The summed E-state index contributed by atoms with van der Waals surface area (Å²) in [5, 5.41) is 2.93. The van der Waals surface area contributed by atoms with Crippen LogP contribution in [0.25, 0.3) is 21.9 Å². The van der Waals surface area contributed by atoms with Gasteiger partial charge in [0.15, 0.2) is 0 Å². The zero-order chi connectivity index (χ0) is 46.4. The van der Waals surface area contributed by atoms with Crippen LogP contribution in [0.4, 0.5) is 34.1 Å². The van der Waals surface area contributed by atoms with Gasteiger partial charge in [0, 0.05) is 56.0 Å². The summed E-state index contributed by atoms with van der Waals surface area (Å²) >= 11 is 7.52. The summed E-state index contributed by atoms with van der Waals surface area (Å²) in [7, 11) is 0. The van der Waals surface area contributed by atoms with Crippen molar-refractivity contribution in [2.24, 2.45) is 0 Å². The lowest BCUT2D eigenvalue weighted by molar-refractivity contribution is 0.332. The molecule has 1 aromatic heterocycles. The SMILES string of the molecule is Cc1cc2c(cc1N(c1cc(Cl)cc(N(c3ccc4c(c3)oc3ccccc34)c3cc4c(cc3C)C(C)(C)CCC4(C)C)c1)c1ccc3c(c1)C(C)(C)CC3(C)C)C(C)(C)CCC2(C)C. The van der Waals surface area contributed by atoms with Crippen molar-refractivity contribution in [3.8, 4) is 0 Å². The van der Waals surface area contributed by atoms with Crippen LogP contribution in [-0.4, -0.2) is 0 Å². The normalized spacial score (nSPS) is 19.4. The molecule has 65 heavy (non-hydrogen) atoms. The molecule has 10 rings (SSSR count). The average molecular weight is 882 g/mol. The maximum atomic E-state index is 7.52. The van der Waals surface area contributed by atoms with Crippen molar-refractivity contribution in [3.05, 3.63) is 153 Å². The molecule has 0 radical (unpaired) electrons. The van der Waals surface area contributed by atoms with Gasteiger partial charge < -0.3 is 14.2 Å². The third-order valence-corrected chi connectivity index (χ3v) is 16.6. The highest BCUT2D eigenvalue weighted by molar-refractivity contribution is 6.31. The van der Waals surface area contributed by atoms with E-state index in [1.54, 1.807) is 0 Å². The van der Waals surface area contributed by atoms with Crippen LogP contribution in [0.3, 0.4) is 0 Å². The smallest absolute Gasteiger partial charge is 0.137 e. The Labute approximate surface area is 394 Å². The van der Waals surface area contributed by atoms with E-state index in [0.29, 0.717) is 5.02 Å². The van der Waals surface area contributed by atoms with Gasteiger partial charge in [0.05, 0.1) is 0 Å². The van der Waals surface area contributed by atoms with E-state index in [1.807, 2.05) is 6.07 Å². The first kappa shape index (κ1) is 43.9. The van der Waals surface area contributed by atoms with E-state index in [4.69, 9.17) is 16.0 Å². The van der Waals surface area contributed by atoms with E-state index < -0.39 is 0 Å². The van der Waals surface area contributed by atoms with Crippen molar-refractivity contribution in [1.82, 2.24) is 0 Å². The van der Waals surface area contributed by atoms with Crippen LogP contribution in [0, 0.1) is 13.8 Å². The van der Waals surface area contributed by atoms with Gasteiger partial charge in [-0.05, 0) is 184 Å². The second-order valence-electron chi connectivity index (χ2n) is 24.2. The minimum absolute atomic E-state index is 0.0280. The fourth-order valence-corrected chi connectivity index (χ4v) is 12.8. The van der Waals surface area contributed by atoms with E-state index in [9.17, 15) is 0 Å². The molecule has 0 spiro atoms. The lowest BCUT2D eigenvalue weighted by Crippen LogP contribution is -2.34. The van der Waals surface area contributed by atoms with Crippen LogP contribution >= 0.6 is 11.6 Å². The first-order valence-corrected chi connectivity index (χ1v) is 24.5. The molecule has 1 heterocycles. The molecule has 0 bridgehead atoms. The molecule has 0 aliphatic heterocycles. The summed E-state index contributed by atoms with van der Waals surface area (Å²) < 4.78 is 6.59. The Kier molecular flexibility index (Phi) is 9.79. The Hall–Kier alpha value is -4.99. The van der Waals surface area contributed by atoms with E-state index in [2.05, 4.69) is 204 Å². The van der Waals surface area contributed by atoms with Gasteiger partial charge in [-0.3, -0.25) is 0 Å². The Morgan fingerprint density at radius 2 is 0.831 bits per heavy atom. The molecule has 4 heteroatoms. The molecule has 0 fully saturated rings. The molecule has 0 atom stereocenters.